The number of rotatable bonds is 12. The molecule has 0 aliphatic carbocycles. The van der Waals surface area contributed by atoms with E-state index >= 15 is 0 Å². The minimum atomic E-state index is -0.176. The van der Waals surface area contributed by atoms with E-state index in [1.807, 2.05) is 6.08 Å². The molecule has 0 aromatic carbocycles. The van der Waals surface area contributed by atoms with Gasteiger partial charge in [-0.2, -0.15) is 0 Å². The highest BCUT2D eigenvalue weighted by Gasteiger charge is 2.00. The Kier molecular flexibility index (Phi) is 13.2. The van der Waals surface area contributed by atoms with E-state index in [-0.39, 0.29) is 5.97 Å². The van der Waals surface area contributed by atoms with Gasteiger partial charge in [-0.05, 0) is 19.3 Å². The first kappa shape index (κ1) is 16.5. The van der Waals surface area contributed by atoms with Crippen LogP contribution >= 0.6 is 11.6 Å². The number of allylic oxidation sites excluding steroid dienone is 1. The van der Waals surface area contributed by atoms with Crippen molar-refractivity contribution in [2.45, 2.75) is 57.8 Å². The zero-order valence-electron chi connectivity index (χ0n) is 10.8. The van der Waals surface area contributed by atoms with Gasteiger partial charge in [0.2, 0.25) is 0 Å². The summed E-state index contributed by atoms with van der Waals surface area (Å²) in [6, 6.07) is 0. The van der Waals surface area contributed by atoms with Gasteiger partial charge in [0.15, 0.2) is 0 Å². The third kappa shape index (κ3) is 13.4. The summed E-state index contributed by atoms with van der Waals surface area (Å²) in [6.07, 6.45) is 12.0. The fourth-order valence-corrected chi connectivity index (χ4v) is 1.76. The molecule has 3 heteroatoms. The molecular weight excluding hydrogens is 236 g/mol. The first-order valence-electron chi connectivity index (χ1n) is 6.63. The topological polar surface area (TPSA) is 26.3 Å². The van der Waals surface area contributed by atoms with Crippen LogP contribution in [-0.4, -0.2) is 18.5 Å². The molecule has 0 rings (SSSR count). The normalized spacial score (nSPS) is 10.2. The number of ether oxygens (including phenoxy) is 1. The molecule has 0 saturated heterocycles. The van der Waals surface area contributed by atoms with Crippen LogP contribution in [0, 0.1) is 0 Å². The van der Waals surface area contributed by atoms with Gasteiger partial charge >= 0.3 is 5.97 Å². The first-order chi connectivity index (χ1) is 8.31. The molecule has 0 bridgehead atoms. The minimum absolute atomic E-state index is 0.176. The summed E-state index contributed by atoms with van der Waals surface area (Å²) in [6.45, 7) is 4.25. The van der Waals surface area contributed by atoms with Crippen molar-refractivity contribution in [1.82, 2.24) is 0 Å². The lowest BCUT2D eigenvalue weighted by atomic mass is 10.1. The van der Waals surface area contributed by atoms with Gasteiger partial charge in [-0.15, -0.1) is 18.2 Å². The lowest BCUT2D eigenvalue weighted by Gasteiger charge is -2.03. The van der Waals surface area contributed by atoms with Crippen molar-refractivity contribution < 1.29 is 9.53 Å². The zero-order valence-corrected chi connectivity index (χ0v) is 11.5. The molecule has 0 heterocycles. The highest BCUT2D eigenvalue weighted by Crippen LogP contribution is 2.08. The Labute approximate surface area is 110 Å². The van der Waals surface area contributed by atoms with Gasteiger partial charge in [0.05, 0.1) is 13.0 Å². The van der Waals surface area contributed by atoms with Crippen LogP contribution in [-0.2, 0) is 9.53 Å². The Hall–Kier alpha value is -0.500. The molecule has 0 saturated carbocycles. The number of halogens is 1. The van der Waals surface area contributed by atoms with Crippen molar-refractivity contribution in [2.75, 3.05) is 12.5 Å². The van der Waals surface area contributed by atoms with E-state index < -0.39 is 0 Å². The number of hydrogen-bond acceptors (Lipinski definition) is 2. The fraction of sp³-hybridized carbons (Fsp3) is 0.786. The molecule has 0 spiro atoms. The van der Waals surface area contributed by atoms with E-state index in [1.54, 1.807) is 0 Å². The molecule has 0 fully saturated rings. The van der Waals surface area contributed by atoms with Gasteiger partial charge < -0.3 is 4.74 Å². The molecular formula is C14H25ClO2. The molecule has 100 valence electrons. The molecule has 2 nitrogen and oxygen atoms in total. The predicted molar refractivity (Wildman–Crippen MR) is 73.4 cm³/mol. The Balaban J connectivity index is 3.03. The number of carbonyl (C=O) groups is 1. The summed E-state index contributed by atoms with van der Waals surface area (Å²) < 4.78 is 5.01. The number of esters is 1. The lowest BCUT2D eigenvalue weighted by Crippen LogP contribution is -2.06. The molecule has 17 heavy (non-hydrogen) atoms. The smallest absolute Gasteiger partial charge is 0.306 e. The summed E-state index contributed by atoms with van der Waals surface area (Å²) in [5, 5.41) is 0. The summed E-state index contributed by atoms with van der Waals surface area (Å²) in [7, 11) is 0. The summed E-state index contributed by atoms with van der Waals surface area (Å²) in [5.41, 5.74) is 0. The summed E-state index contributed by atoms with van der Waals surface area (Å²) in [4.78, 5) is 11.0. The van der Waals surface area contributed by atoms with Gasteiger partial charge in [-0.25, -0.2) is 0 Å². The lowest BCUT2D eigenvalue weighted by molar-refractivity contribution is -0.143. The van der Waals surface area contributed by atoms with E-state index in [1.165, 1.54) is 32.1 Å². The molecule has 0 N–H and O–H groups in total. The van der Waals surface area contributed by atoms with Crippen LogP contribution in [0.15, 0.2) is 12.7 Å². The average molecular weight is 261 g/mol. The Morgan fingerprint density at radius 1 is 1.06 bits per heavy atom. The molecule has 0 aromatic rings. The second kappa shape index (κ2) is 13.6. The molecule has 0 aliphatic rings. The monoisotopic (exact) mass is 260 g/mol. The summed E-state index contributed by atoms with van der Waals surface area (Å²) >= 11 is 5.42. The predicted octanol–water partition coefficient (Wildman–Crippen LogP) is 4.47. The van der Waals surface area contributed by atoms with Crippen molar-refractivity contribution in [2.24, 2.45) is 0 Å². The minimum Gasteiger partial charge on any atom is -0.466 e. The second-order valence-corrected chi connectivity index (χ2v) is 4.59. The van der Waals surface area contributed by atoms with E-state index in [4.69, 9.17) is 16.3 Å². The largest absolute Gasteiger partial charge is 0.466 e. The number of alkyl halides is 1. The third-order valence-corrected chi connectivity index (χ3v) is 2.80. The Morgan fingerprint density at radius 3 is 2.24 bits per heavy atom. The van der Waals surface area contributed by atoms with Crippen LogP contribution in [0.4, 0.5) is 0 Å². The Morgan fingerprint density at radius 2 is 1.65 bits per heavy atom. The number of unbranched alkanes of at least 4 members (excludes halogenated alkanes) is 7. The quantitative estimate of drug-likeness (QED) is 0.224. The van der Waals surface area contributed by atoms with E-state index in [0.29, 0.717) is 18.9 Å². The van der Waals surface area contributed by atoms with Crippen molar-refractivity contribution in [3.05, 3.63) is 12.7 Å². The van der Waals surface area contributed by atoms with Crippen LogP contribution in [0.5, 0.6) is 0 Å². The zero-order chi connectivity index (χ0) is 12.8. The van der Waals surface area contributed by atoms with Gasteiger partial charge in [0, 0.05) is 5.88 Å². The number of carbonyl (C=O) groups excluding carboxylic acids is 1. The SMILES string of the molecule is C=CCCCCCCCCCOC(=O)CCCl. The molecule has 0 unspecified atom stereocenters. The van der Waals surface area contributed by atoms with Crippen LogP contribution in [0.3, 0.4) is 0 Å². The molecule has 0 amide bonds. The van der Waals surface area contributed by atoms with Crippen molar-refractivity contribution >= 4 is 17.6 Å². The van der Waals surface area contributed by atoms with Gasteiger partial charge in [0.25, 0.3) is 0 Å². The molecule has 0 atom stereocenters. The van der Waals surface area contributed by atoms with Crippen LogP contribution in [0.2, 0.25) is 0 Å². The molecule has 0 aliphatic heterocycles. The highest BCUT2D eigenvalue weighted by molar-refractivity contribution is 6.18. The maximum Gasteiger partial charge on any atom is 0.306 e. The highest BCUT2D eigenvalue weighted by atomic mass is 35.5. The van der Waals surface area contributed by atoms with Crippen molar-refractivity contribution in [3.8, 4) is 0 Å². The van der Waals surface area contributed by atoms with Crippen LogP contribution in [0.25, 0.3) is 0 Å². The Bertz CT molecular complexity index is 193. The third-order valence-electron chi connectivity index (χ3n) is 2.61. The van der Waals surface area contributed by atoms with Crippen LogP contribution < -0.4 is 0 Å². The first-order valence-corrected chi connectivity index (χ1v) is 7.17. The van der Waals surface area contributed by atoms with Gasteiger partial charge in [-0.1, -0.05) is 38.2 Å². The summed E-state index contributed by atoms with van der Waals surface area (Å²) in [5.74, 6) is 0.174. The van der Waals surface area contributed by atoms with Crippen molar-refractivity contribution in [1.29, 1.82) is 0 Å². The standard InChI is InChI=1S/C14H25ClO2/c1-2-3-4-5-6-7-8-9-10-13-17-14(16)11-12-15/h2H,1,3-13H2. The number of hydrogen-bond donors (Lipinski definition) is 0. The van der Waals surface area contributed by atoms with E-state index in [2.05, 4.69) is 6.58 Å². The molecule has 0 radical (unpaired) electrons. The maximum atomic E-state index is 11.0. The van der Waals surface area contributed by atoms with Gasteiger partial charge in [-0.3, -0.25) is 4.79 Å². The molecule has 0 aromatic heterocycles. The van der Waals surface area contributed by atoms with E-state index in [9.17, 15) is 4.79 Å². The van der Waals surface area contributed by atoms with Gasteiger partial charge in [0.1, 0.15) is 0 Å². The van der Waals surface area contributed by atoms with E-state index in [0.717, 1.165) is 19.3 Å². The van der Waals surface area contributed by atoms with Crippen LogP contribution in [0.1, 0.15) is 57.8 Å². The average Bonchev–Trinajstić information content (AvgIpc) is 2.32. The second-order valence-electron chi connectivity index (χ2n) is 4.21. The fourth-order valence-electron chi connectivity index (χ4n) is 1.61. The van der Waals surface area contributed by atoms with Crippen molar-refractivity contribution in [3.63, 3.8) is 0 Å². The maximum absolute atomic E-state index is 11.0.